The van der Waals surface area contributed by atoms with Crippen molar-refractivity contribution in [3.05, 3.63) is 64.7 Å². The maximum absolute atomic E-state index is 11.5. The van der Waals surface area contributed by atoms with E-state index in [9.17, 15) is 9.90 Å². The molecule has 0 aliphatic rings. The number of benzene rings is 2. The molecular weight excluding hydrogens is 314 g/mol. The molecule has 0 heterocycles. The van der Waals surface area contributed by atoms with E-state index in [1.165, 1.54) is 6.07 Å². The number of phenols is 1. The van der Waals surface area contributed by atoms with E-state index in [0.29, 0.717) is 18.5 Å². The molecule has 5 heteroatoms. The van der Waals surface area contributed by atoms with Crippen LogP contribution in [0.4, 0.5) is 4.79 Å². The molecule has 2 aromatic carbocycles. The van der Waals surface area contributed by atoms with Crippen molar-refractivity contribution in [3.8, 4) is 17.6 Å². The summed E-state index contributed by atoms with van der Waals surface area (Å²) < 4.78 is 5.08. The summed E-state index contributed by atoms with van der Waals surface area (Å²) in [6.45, 7) is 0.636. The van der Waals surface area contributed by atoms with Crippen molar-refractivity contribution in [2.75, 3.05) is 6.54 Å². The molecule has 0 bridgehead atoms. The maximum atomic E-state index is 11.5. The standard InChI is InChI=1S/C18H16ClNO3/c19-16-12-14(9-10-17(16)21)6-4-5-11-20-18(22)23-13-15-7-2-1-3-8-15/h1-3,7-10,12,21H,5,11,13H2,(H,20,22). The van der Waals surface area contributed by atoms with Crippen molar-refractivity contribution >= 4 is 17.7 Å². The van der Waals surface area contributed by atoms with Crippen molar-refractivity contribution in [1.29, 1.82) is 0 Å². The van der Waals surface area contributed by atoms with Crippen LogP contribution >= 0.6 is 11.6 Å². The number of hydrogen-bond acceptors (Lipinski definition) is 3. The van der Waals surface area contributed by atoms with Crippen LogP contribution in [0.25, 0.3) is 0 Å². The lowest BCUT2D eigenvalue weighted by Crippen LogP contribution is -2.24. The summed E-state index contributed by atoms with van der Waals surface area (Å²) >= 11 is 5.79. The van der Waals surface area contributed by atoms with Gasteiger partial charge in [-0.25, -0.2) is 4.79 Å². The van der Waals surface area contributed by atoms with E-state index in [2.05, 4.69) is 17.2 Å². The van der Waals surface area contributed by atoms with Crippen molar-refractivity contribution < 1.29 is 14.6 Å². The van der Waals surface area contributed by atoms with E-state index in [1.54, 1.807) is 12.1 Å². The highest BCUT2D eigenvalue weighted by Gasteiger charge is 2.01. The van der Waals surface area contributed by atoms with Gasteiger partial charge in [-0.3, -0.25) is 0 Å². The summed E-state index contributed by atoms with van der Waals surface area (Å²) in [7, 11) is 0. The Morgan fingerprint density at radius 1 is 1.22 bits per heavy atom. The Morgan fingerprint density at radius 2 is 2.00 bits per heavy atom. The van der Waals surface area contributed by atoms with Gasteiger partial charge >= 0.3 is 6.09 Å². The lowest BCUT2D eigenvalue weighted by Gasteiger charge is -2.05. The van der Waals surface area contributed by atoms with Gasteiger partial charge in [0.1, 0.15) is 12.4 Å². The molecule has 0 aromatic heterocycles. The summed E-state index contributed by atoms with van der Waals surface area (Å²) in [4.78, 5) is 11.5. The number of amides is 1. The second kappa shape index (κ2) is 8.72. The fourth-order valence-electron chi connectivity index (χ4n) is 1.75. The highest BCUT2D eigenvalue weighted by atomic mass is 35.5. The van der Waals surface area contributed by atoms with Crippen molar-refractivity contribution in [2.24, 2.45) is 0 Å². The molecule has 0 aliphatic carbocycles. The van der Waals surface area contributed by atoms with Gasteiger partial charge in [-0.2, -0.15) is 0 Å². The molecule has 4 nitrogen and oxygen atoms in total. The van der Waals surface area contributed by atoms with Gasteiger partial charge in [0.05, 0.1) is 5.02 Å². The summed E-state index contributed by atoms with van der Waals surface area (Å²) in [5.41, 5.74) is 1.64. The first-order chi connectivity index (χ1) is 11.1. The van der Waals surface area contributed by atoms with E-state index < -0.39 is 6.09 Å². The third-order valence-electron chi connectivity index (χ3n) is 2.91. The molecule has 0 unspecified atom stereocenters. The van der Waals surface area contributed by atoms with Gasteiger partial charge in [0.2, 0.25) is 0 Å². The number of aromatic hydroxyl groups is 1. The van der Waals surface area contributed by atoms with Gasteiger partial charge in [-0.05, 0) is 23.8 Å². The summed E-state index contributed by atoms with van der Waals surface area (Å²) in [5, 5.41) is 12.2. The Balaban J connectivity index is 1.68. The van der Waals surface area contributed by atoms with Crippen LogP contribution in [0.15, 0.2) is 48.5 Å². The number of carbonyl (C=O) groups is 1. The Labute approximate surface area is 140 Å². The van der Waals surface area contributed by atoms with Gasteiger partial charge in [0.15, 0.2) is 0 Å². The first-order valence-corrected chi connectivity index (χ1v) is 7.45. The van der Waals surface area contributed by atoms with Gasteiger partial charge in [0.25, 0.3) is 0 Å². The fraction of sp³-hybridized carbons (Fsp3) is 0.167. The number of nitrogens with one attached hydrogen (secondary N) is 1. The Morgan fingerprint density at radius 3 is 2.74 bits per heavy atom. The highest BCUT2D eigenvalue weighted by Crippen LogP contribution is 2.23. The molecule has 0 saturated heterocycles. The monoisotopic (exact) mass is 329 g/mol. The molecule has 2 rings (SSSR count). The Bertz CT molecular complexity index is 720. The van der Waals surface area contributed by atoms with Crippen LogP contribution in [0.5, 0.6) is 5.75 Å². The Hall–Kier alpha value is -2.64. The number of hydrogen-bond donors (Lipinski definition) is 2. The van der Waals surface area contributed by atoms with E-state index >= 15 is 0 Å². The third-order valence-corrected chi connectivity index (χ3v) is 3.22. The average molecular weight is 330 g/mol. The molecule has 0 atom stereocenters. The van der Waals surface area contributed by atoms with Crippen LogP contribution in [0.1, 0.15) is 17.5 Å². The fourth-order valence-corrected chi connectivity index (χ4v) is 1.93. The Kier molecular flexibility index (Phi) is 6.34. The number of halogens is 1. The van der Waals surface area contributed by atoms with Crippen molar-refractivity contribution in [2.45, 2.75) is 13.0 Å². The molecule has 1 amide bonds. The minimum Gasteiger partial charge on any atom is -0.506 e. The lowest BCUT2D eigenvalue weighted by molar-refractivity contribution is 0.140. The minimum absolute atomic E-state index is 0.0278. The number of ether oxygens (including phenoxy) is 1. The van der Waals surface area contributed by atoms with Gasteiger partial charge in [-0.1, -0.05) is 53.8 Å². The summed E-state index contributed by atoms with van der Waals surface area (Å²) in [6, 6.07) is 14.2. The van der Waals surface area contributed by atoms with Crippen molar-refractivity contribution in [3.63, 3.8) is 0 Å². The molecule has 0 spiro atoms. The van der Waals surface area contributed by atoms with Crippen LogP contribution < -0.4 is 5.32 Å². The molecule has 0 radical (unpaired) electrons. The van der Waals surface area contributed by atoms with E-state index in [4.69, 9.17) is 16.3 Å². The molecule has 2 aromatic rings. The quantitative estimate of drug-likeness (QED) is 0.664. The molecule has 0 saturated carbocycles. The van der Waals surface area contributed by atoms with Crippen molar-refractivity contribution in [1.82, 2.24) is 5.32 Å². The zero-order valence-electron chi connectivity index (χ0n) is 12.4. The number of carbonyl (C=O) groups excluding carboxylic acids is 1. The number of phenolic OH excluding ortho intramolecular Hbond substituents is 1. The normalized spacial score (nSPS) is 9.61. The third kappa shape index (κ3) is 5.93. The SMILES string of the molecule is O=C(NCCC#Cc1ccc(O)c(Cl)c1)OCc1ccccc1. The highest BCUT2D eigenvalue weighted by molar-refractivity contribution is 6.32. The average Bonchev–Trinajstić information content (AvgIpc) is 2.57. The lowest BCUT2D eigenvalue weighted by atomic mass is 10.2. The topological polar surface area (TPSA) is 58.6 Å². The smallest absolute Gasteiger partial charge is 0.407 e. The van der Waals surface area contributed by atoms with Crippen LogP contribution in [0.3, 0.4) is 0 Å². The zero-order valence-corrected chi connectivity index (χ0v) is 13.1. The number of rotatable bonds is 4. The van der Waals surface area contributed by atoms with E-state index in [1.807, 2.05) is 30.3 Å². The van der Waals surface area contributed by atoms with Gasteiger partial charge in [-0.15, -0.1) is 0 Å². The molecule has 0 aliphatic heterocycles. The molecule has 0 fully saturated rings. The van der Waals surface area contributed by atoms with Gasteiger partial charge < -0.3 is 15.2 Å². The predicted molar refractivity (Wildman–Crippen MR) is 89.2 cm³/mol. The zero-order chi connectivity index (χ0) is 16.5. The first-order valence-electron chi connectivity index (χ1n) is 7.07. The van der Waals surface area contributed by atoms with Crippen LogP contribution in [-0.2, 0) is 11.3 Å². The van der Waals surface area contributed by atoms with Gasteiger partial charge in [0, 0.05) is 18.5 Å². The molecule has 118 valence electrons. The molecule has 2 N–H and O–H groups in total. The van der Waals surface area contributed by atoms with Crippen LogP contribution in [0, 0.1) is 11.8 Å². The van der Waals surface area contributed by atoms with E-state index in [-0.39, 0.29) is 17.4 Å². The van der Waals surface area contributed by atoms with E-state index in [0.717, 1.165) is 5.56 Å². The largest absolute Gasteiger partial charge is 0.506 e. The summed E-state index contributed by atoms with van der Waals surface area (Å²) in [6.07, 6.45) is 0.0159. The second-order valence-corrected chi connectivity index (χ2v) is 5.11. The predicted octanol–water partition coefficient (Wildman–Crippen LogP) is 3.71. The van der Waals surface area contributed by atoms with Crippen LogP contribution in [-0.4, -0.2) is 17.7 Å². The van der Waals surface area contributed by atoms with Crippen LogP contribution in [0.2, 0.25) is 5.02 Å². The first kappa shape index (κ1) is 16.7. The molecular formula is C18H16ClNO3. The number of alkyl carbamates (subject to hydrolysis) is 1. The second-order valence-electron chi connectivity index (χ2n) is 4.71. The minimum atomic E-state index is -0.469. The summed E-state index contributed by atoms with van der Waals surface area (Å²) in [5.74, 6) is 5.85. The maximum Gasteiger partial charge on any atom is 0.407 e. The molecule has 23 heavy (non-hydrogen) atoms.